The molecule has 19 heavy (non-hydrogen) atoms. The van der Waals surface area contributed by atoms with Gasteiger partial charge in [-0.25, -0.2) is 4.98 Å². The van der Waals surface area contributed by atoms with Crippen LogP contribution in [0.5, 0.6) is 0 Å². The molecule has 0 radical (unpaired) electrons. The third-order valence-corrected chi connectivity index (χ3v) is 4.70. The van der Waals surface area contributed by atoms with E-state index in [0.717, 1.165) is 12.2 Å². The lowest BCUT2D eigenvalue weighted by molar-refractivity contribution is 0.416. The molecule has 3 nitrogen and oxygen atoms in total. The zero-order valence-corrected chi connectivity index (χ0v) is 12.2. The summed E-state index contributed by atoms with van der Waals surface area (Å²) in [5.74, 6) is 2.98. The summed E-state index contributed by atoms with van der Waals surface area (Å²) in [4.78, 5) is 4.97. The van der Waals surface area contributed by atoms with Gasteiger partial charge in [0.1, 0.15) is 11.6 Å². The fraction of sp³-hybridized carbons (Fsp3) is 0.812. The number of anilines is 1. The molecule has 106 valence electrons. The minimum Gasteiger partial charge on any atom is -0.384 e. The average molecular weight is 261 g/mol. The van der Waals surface area contributed by atoms with Crippen molar-refractivity contribution in [2.75, 3.05) is 5.73 Å². The Hall–Kier alpha value is -0.990. The van der Waals surface area contributed by atoms with Crippen molar-refractivity contribution in [3.05, 3.63) is 11.5 Å². The van der Waals surface area contributed by atoms with Gasteiger partial charge in [0.15, 0.2) is 0 Å². The van der Waals surface area contributed by atoms with Gasteiger partial charge in [-0.3, -0.25) is 0 Å². The fourth-order valence-electron chi connectivity index (χ4n) is 3.41. The maximum atomic E-state index is 6.39. The van der Waals surface area contributed by atoms with Crippen LogP contribution >= 0.6 is 0 Å². The van der Waals surface area contributed by atoms with Gasteiger partial charge >= 0.3 is 0 Å². The van der Waals surface area contributed by atoms with Gasteiger partial charge in [0.25, 0.3) is 0 Å². The van der Waals surface area contributed by atoms with Crippen LogP contribution in [-0.4, -0.2) is 9.55 Å². The molecule has 0 unspecified atom stereocenters. The second-order valence-electron chi connectivity index (χ2n) is 6.34. The first-order valence-corrected chi connectivity index (χ1v) is 8.17. The third kappa shape index (κ3) is 2.65. The van der Waals surface area contributed by atoms with Crippen molar-refractivity contribution in [2.24, 2.45) is 0 Å². The highest BCUT2D eigenvalue weighted by atomic mass is 15.2. The summed E-state index contributed by atoms with van der Waals surface area (Å²) in [6, 6.07) is 0.666. The first-order chi connectivity index (χ1) is 9.31. The summed E-state index contributed by atoms with van der Waals surface area (Å²) in [5, 5.41) is 0. The third-order valence-electron chi connectivity index (χ3n) is 4.70. The Morgan fingerprint density at radius 2 is 1.89 bits per heavy atom. The molecule has 0 atom stereocenters. The summed E-state index contributed by atoms with van der Waals surface area (Å²) in [6.45, 7) is 2.23. The fourth-order valence-corrected chi connectivity index (χ4v) is 3.41. The topological polar surface area (TPSA) is 43.8 Å². The van der Waals surface area contributed by atoms with Gasteiger partial charge in [-0.15, -0.1) is 0 Å². The van der Waals surface area contributed by atoms with Crippen LogP contribution in [0.3, 0.4) is 0 Å². The van der Waals surface area contributed by atoms with Gasteiger partial charge in [-0.05, 0) is 38.5 Å². The van der Waals surface area contributed by atoms with Crippen molar-refractivity contribution in [3.63, 3.8) is 0 Å². The molecule has 2 N–H and O–H groups in total. The first kappa shape index (κ1) is 13.0. The quantitative estimate of drug-likeness (QED) is 0.863. The van der Waals surface area contributed by atoms with E-state index in [1.54, 1.807) is 0 Å². The lowest BCUT2D eigenvalue weighted by Crippen LogP contribution is -2.12. The number of imidazole rings is 1. The molecule has 2 saturated carbocycles. The summed E-state index contributed by atoms with van der Waals surface area (Å²) >= 11 is 0. The predicted octanol–water partition coefficient (Wildman–Crippen LogP) is 4.19. The highest BCUT2D eigenvalue weighted by Crippen LogP contribution is 2.43. The van der Waals surface area contributed by atoms with Crippen molar-refractivity contribution in [3.8, 4) is 0 Å². The molecular weight excluding hydrogens is 234 g/mol. The van der Waals surface area contributed by atoms with Crippen molar-refractivity contribution in [1.29, 1.82) is 0 Å². The van der Waals surface area contributed by atoms with Crippen molar-refractivity contribution in [1.82, 2.24) is 9.55 Å². The van der Waals surface area contributed by atoms with E-state index in [2.05, 4.69) is 11.5 Å². The summed E-state index contributed by atoms with van der Waals surface area (Å²) < 4.78 is 2.40. The molecule has 3 heteroatoms. The van der Waals surface area contributed by atoms with Gasteiger partial charge in [0, 0.05) is 12.0 Å². The largest absolute Gasteiger partial charge is 0.384 e. The highest BCUT2D eigenvalue weighted by Gasteiger charge is 2.32. The van der Waals surface area contributed by atoms with Crippen LogP contribution in [0.25, 0.3) is 0 Å². The van der Waals surface area contributed by atoms with E-state index in [4.69, 9.17) is 10.7 Å². The second-order valence-corrected chi connectivity index (χ2v) is 6.34. The summed E-state index contributed by atoms with van der Waals surface area (Å²) in [7, 11) is 0. The van der Waals surface area contributed by atoms with Gasteiger partial charge in [-0.2, -0.15) is 0 Å². The molecular formula is C16H27N3. The molecule has 1 aromatic rings. The Bertz CT molecular complexity index is 425. The monoisotopic (exact) mass is 261 g/mol. The van der Waals surface area contributed by atoms with Crippen LogP contribution in [0, 0.1) is 0 Å². The Kier molecular flexibility index (Phi) is 3.81. The van der Waals surface area contributed by atoms with E-state index >= 15 is 0 Å². The number of hydrogen-bond donors (Lipinski definition) is 1. The van der Waals surface area contributed by atoms with Crippen LogP contribution in [0.15, 0.2) is 0 Å². The molecule has 0 aliphatic heterocycles. The first-order valence-electron chi connectivity index (χ1n) is 8.17. The normalized spacial score (nSPS) is 20.9. The van der Waals surface area contributed by atoms with E-state index in [1.165, 1.54) is 69.3 Å². The maximum Gasteiger partial charge on any atom is 0.127 e. The number of nitrogens with two attached hydrogens (primary N) is 1. The number of nitrogens with zero attached hydrogens (tertiary/aromatic N) is 2. The molecule has 2 aliphatic rings. The number of hydrogen-bond acceptors (Lipinski definition) is 2. The van der Waals surface area contributed by atoms with E-state index in [9.17, 15) is 0 Å². The average Bonchev–Trinajstić information content (AvgIpc) is 3.22. The number of rotatable bonds is 5. The van der Waals surface area contributed by atoms with E-state index < -0.39 is 0 Å². The Morgan fingerprint density at radius 3 is 2.53 bits per heavy atom. The molecule has 1 heterocycles. The smallest absolute Gasteiger partial charge is 0.127 e. The van der Waals surface area contributed by atoms with E-state index in [1.807, 2.05) is 0 Å². The second kappa shape index (κ2) is 5.56. The minimum atomic E-state index is 0.666. The van der Waals surface area contributed by atoms with Crippen LogP contribution in [0.2, 0.25) is 0 Å². The van der Waals surface area contributed by atoms with Crippen molar-refractivity contribution in [2.45, 2.75) is 83.1 Å². The van der Waals surface area contributed by atoms with Gasteiger partial charge in [0.2, 0.25) is 0 Å². The molecule has 0 saturated heterocycles. The van der Waals surface area contributed by atoms with Crippen LogP contribution < -0.4 is 5.73 Å². The SMILES string of the molecule is CCCCc1nc(C2CCCCC2)n(C2CC2)c1N. The number of aromatic nitrogens is 2. The summed E-state index contributed by atoms with van der Waals surface area (Å²) in [5.41, 5.74) is 7.57. The Morgan fingerprint density at radius 1 is 1.16 bits per heavy atom. The van der Waals surface area contributed by atoms with Gasteiger partial charge < -0.3 is 10.3 Å². The van der Waals surface area contributed by atoms with Gasteiger partial charge in [-0.1, -0.05) is 32.6 Å². The molecule has 0 aromatic carbocycles. The zero-order valence-electron chi connectivity index (χ0n) is 12.2. The number of unbranched alkanes of at least 4 members (excludes halogenated alkanes) is 1. The molecule has 0 amide bonds. The molecule has 3 rings (SSSR count). The molecule has 0 spiro atoms. The summed E-state index contributed by atoms with van der Waals surface area (Å²) in [6.07, 6.45) is 12.8. The highest BCUT2D eigenvalue weighted by molar-refractivity contribution is 5.40. The molecule has 2 aliphatic carbocycles. The minimum absolute atomic E-state index is 0.666. The molecule has 2 fully saturated rings. The Balaban J connectivity index is 1.87. The van der Waals surface area contributed by atoms with Crippen LogP contribution in [0.4, 0.5) is 5.82 Å². The Labute approximate surface area is 116 Å². The van der Waals surface area contributed by atoms with Gasteiger partial charge in [0.05, 0.1) is 5.69 Å². The van der Waals surface area contributed by atoms with Crippen LogP contribution in [-0.2, 0) is 6.42 Å². The maximum absolute atomic E-state index is 6.39. The number of nitrogen functional groups attached to an aromatic ring is 1. The molecule has 1 aromatic heterocycles. The van der Waals surface area contributed by atoms with E-state index in [-0.39, 0.29) is 0 Å². The lowest BCUT2D eigenvalue weighted by Gasteiger charge is -2.22. The predicted molar refractivity (Wildman–Crippen MR) is 79.3 cm³/mol. The number of aryl methyl sites for hydroxylation is 1. The molecule has 0 bridgehead atoms. The van der Waals surface area contributed by atoms with Crippen molar-refractivity contribution < 1.29 is 0 Å². The van der Waals surface area contributed by atoms with Crippen LogP contribution in [0.1, 0.15) is 88.2 Å². The zero-order chi connectivity index (χ0) is 13.2. The lowest BCUT2D eigenvalue weighted by atomic mass is 9.88. The van der Waals surface area contributed by atoms with E-state index in [0.29, 0.717) is 12.0 Å². The standard InChI is InChI=1S/C16H27N3/c1-2-3-9-14-15(17)19(13-10-11-13)16(18-14)12-7-5-4-6-8-12/h12-13H,2-11,17H2,1H3. The van der Waals surface area contributed by atoms with Crippen molar-refractivity contribution >= 4 is 5.82 Å².